The van der Waals surface area contributed by atoms with E-state index in [-0.39, 0.29) is 5.57 Å². The van der Waals surface area contributed by atoms with Gasteiger partial charge in [-0.05, 0) is 49.2 Å². The number of rotatable bonds is 8. The molecule has 1 N–H and O–H groups in total. The summed E-state index contributed by atoms with van der Waals surface area (Å²) >= 11 is 7.34. The van der Waals surface area contributed by atoms with Gasteiger partial charge in [-0.25, -0.2) is 0 Å². The highest BCUT2D eigenvalue weighted by Gasteiger charge is 2.21. The number of carbonyl (C=O) groups excluding carboxylic acids is 1. The Labute approximate surface area is 224 Å². The predicted octanol–water partition coefficient (Wildman–Crippen LogP) is 6.82. The van der Waals surface area contributed by atoms with Gasteiger partial charge in [0.2, 0.25) is 5.13 Å². The van der Waals surface area contributed by atoms with E-state index in [0.29, 0.717) is 29.2 Å². The molecule has 1 saturated carbocycles. The molecule has 0 aliphatic heterocycles. The van der Waals surface area contributed by atoms with Crippen LogP contribution in [0.3, 0.4) is 0 Å². The average molecular weight is 532 g/mol. The van der Waals surface area contributed by atoms with Crippen LogP contribution in [0.1, 0.15) is 48.6 Å². The molecular weight excluding hydrogens is 506 g/mol. The van der Waals surface area contributed by atoms with Crippen LogP contribution in [-0.2, 0) is 11.3 Å². The minimum Gasteiger partial charge on any atom is -0.492 e. The van der Waals surface area contributed by atoms with E-state index in [1.54, 1.807) is 18.2 Å². The predicted molar refractivity (Wildman–Crippen MR) is 147 cm³/mol. The number of hydrogen-bond acceptors (Lipinski definition) is 6. The summed E-state index contributed by atoms with van der Waals surface area (Å²) in [6.45, 7) is 1.05. The summed E-state index contributed by atoms with van der Waals surface area (Å²) in [6, 6.07) is 17.2. The van der Waals surface area contributed by atoms with Gasteiger partial charge in [-0.2, -0.15) is 5.26 Å². The number of hydrogen-bond donors (Lipinski definition) is 1. The number of benzene rings is 2. The number of carbonyl (C=O) groups is 1. The number of aromatic nitrogens is 3. The first-order valence-electron chi connectivity index (χ1n) is 12.3. The monoisotopic (exact) mass is 531 g/mol. The summed E-state index contributed by atoms with van der Waals surface area (Å²) in [5.41, 5.74) is 1.79. The number of para-hydroxylation sites is 1. The SMILES string of the molecule is N#C/C(=C/c1cn(CCOc2ccc(Cl)cc2)c2ccccc12)C(=O)Nc1nnc(C2CCCCC2)s1. The number of halogens is 1. The van der Waals surface area contributed by atoms with E-state index in [9.17, 15) is 10.1 Å². The maximum atomic E-state index is 12.9. The van der Waals surface area contributed by atoms with E-state index < -0.39 is 5.91 Å². The van der Waals surface area contributed by atoms with Crippen molar-refractivity contribution >= 4 is 51.0 Å². The molecule has 37 heavy (non-hydrogen) atoms. The fourth-order valence-electron chi connectivity index (χ4n) is 4.64. The van der Waals surface area contributed by atoms with Gasteiger partial charge < -0.3 is 9.30 Å². The zero-order valence-electron chi connectivity index (χ0n) is 20.2. The highest BCUT2D eigenvalue weighted by molar-refractivity contribution is 7.15. The number of amides is 1. The lowest BCUT2D eigenvalue weighted by molar-refractivity contribution is -0.112. The molecule has 0 saturated heterocycles. The lowest BCUT2D eigenvalue weighted by Gasteiger charge is -2.18. The maximum Gasteiger partial charge on any atom is 0.268 e. The molecular formula is C28H26ClN5O2S. The molecule has 0 unspecified atom stereocenters. The van der Waals surface area contributed by atoms with Crippen LogP contribution in [0.4, 0.5) is 5.13 Å². The first-order valence-corrected chi connectivity index (χ1v) is 13.5. The summed E-state index contributed by atoms with van der Waals surface area (Å²) < 4.78 is 7.91. The largest absolute Gasteiger partial charge is 0.492 e. The lowest BCUT2D eigenvalue weighted by atomic mass is 9.90. The minimum atomic E-state index is -0.489. The maximum absolute atomic E-state index is 12.9. The van der Waals surface area contributed by atoms with E-state index >= 15 is 0 Å². The number of fused-ring (bicyclic) bond motifs is 1. The second-order valence-electron chi connectivity index (χ2n) is 9.00. The molecule has 4 aromatic rings. The molecule has 0 radical (unpaired) electrons. The second kappa shape index (κ2) is 11.6. The van der Waals surface area contributed by atoms with Gasteiger partial charge in [0.05, 0.1) is 6.54 Å². The normalized spacial score (nSPS) is 14.4. The van der Waals surface area contributed by atoms with Crippen molar-refractivity contribution in [3.63, 3.8) is 0 Å². The van der Waals surface area contributed by atoms with E-state index in [4.69, 9.17) is 16.3 Å². The van der Waals surface area contributed by atoms with Crippen LogP contribution in [0.15, 0.2) is 60.3 Å². The molecule has 9 heteroatoms. The Morgan fingerprint density at radius 1 is 1.16 bits per heavy atom. The highest BCUT2D eigenvalue weighted by atomic mass is 35.5. The van der Waals surface area contributed by atoms with Gasteiger partial charge in [-0.1, -0.05) is 60.4 Å². The molecule has 1 aliphatic carbocycles. The fraction of sp³-hybridized carbons (Fsp3) is 0.286. The minimum absolute atomic E-state index is 0.00901. The van der Waals surface area contributed by atoms with Crippen LogP contribution in [0.2, 0.25) is 5.02 Å². The molecule has 1 amide bonds. The van der Waals surface area contributed by atoms with Gasteiger partial charge in [-0.3, -0.25) is 10.1 Å². The van der Waals surface area contributed by atoms with Crippen molar-refractivity contribution < 1.29 is 9.53 Å². The number of anilines is 1. The Kier molecular flexibility index (Phi) is 7.83. The summed E-state index contributed by atoms with van der Waals surface area (Å²) in [4.78, 5) is 12.9. The smallest absolute Gasteiger partial charge is 0.268 e. The molecule has 0 atom stereocenters. The Morgan fingerprint density at radius 2 is 1.95 bits per heavy atom. The van der Waals surface area contributed by atoms with Gasteiger partial charge >= 0.3 is 0 Å². The number of ether oxygens (including phenoxy) is 1. The first kappa shape index (κ1) is 25.0. The third-order valence-electron chi connectivity index (χ3n) is 6.51. The van der Waals surface area contributed by atoms with Crippen molar-refractivity contribution in [3.8, 4) is 11.8 Å². The molecule has 0 bridgehead atoms. The third-order valence-corrected chi connectivity index (χ3v) is 7.77. The Bertz CT molecular complexity index is 1460. The van der Waals surface area contributed by atoms with Crippen molar-refractivity contribution in [2.24, 2.45) is 0 Å². The topological polar surface area (TPSA) is 92.8 Å². The second-order valence-corrected chi connectivity index (χ2v) is 10.4. The lowest BCUT2D eigenvalue weighted by Crippen LogP contribution is -2.13. The average Bonchev–Trinajstić information content (AvgIpc) is 3.54. The standard InChI is InChI=1S/C28H26ClN5O2S/c29-22-10-12-23(13-11-22)36-15-14-34-18-21(24-8-4-5-9-25(24)34)16-20(17-30)26(35)31-28-33-32-27(37-28)19-6-2-1-3-7-19/h4-5,8-13,16,18-19H,1-3,6-7,14-15H2,(H,31,33,35)/b20-16-. The Balaban J connectivity index is 1.30. The molecule has 2 aromatic carbocycles. The first-order chi connectivity index (χ1) is 18.1. The van der Waals surface area contributed by atoms with E-state index in [2.05, 4.69) is 20.1 Å². The molecule has 1 fully saturated rings. The fourth-order valence-corrected chi connectivity index (χ4v) is 5.67. The number of nitriles is 1. The summed E-state index contributed by atoms with van der Waals surface area (Å²) in [5.74, 6) is 0.669. The van der Waals surface area contributed by atoms with Crippen LogP contribution in [0.5, 0.6) is 5.75 Å². The van der Waals surface area contributed by atoms with Gasteiger partial charge in [0.1, 0.15) is 29.0 Å². The van der Waals surface area contributed by atoms with E-state index in [0.717, 1.165) is 40.1 Å². The van der Waals surface area contributed by atoms with Crippen molar-refractivity contribution in [2.75, 3.05) is 11.9 Å². The molecule has 7 nitrogen and oxygen atoms in total. The van der Waals surface area contributed by atoms with Gasteiger partial charge in [0, 0.05) is 33.6 Å². The van der Waals surface area contributed by atoms with E-state index in [1.165, 1.54) is 30.6 Å². The van der Waals surface area contributed by atoms with Gasteiger partial charge in [0.15, 0.2) is 0 Å². The zero-order chi connectivity index (χ0) is 25.6. The van der Waals surface area contributed by atoms with Crippen molar-refractivity contribution in [2.45, 2.75) is 44.6 Å². The molecule has 1 aliphatic rings. The molecule has 2 heterocycles. The Morgan fingerprint density at radius 3 is 2.73 bits per heavy atom. The van der Waals surface area contributed by atoms with Crippen LogP contribution < -0.4 is 10.1 Å². The van der Waals surface area contributed by atoms with Crippen molar-refractivity contribution in [1.29, 1.82) is 5.26 Å². The summed E-state index contributed by atoms with van der Waals surface area (Å²) in [6.07, 6.45) is 9.45. The molecule has 5 rings (SSSR count). The van der Waals surface area contributed by atoms with E-state index in [1.807, 2.05) is 48.7 Å². The molecule has 188 valence electrons. The van der Waals surface area contributed by atoms with Crippen LogP contribution >= 0.6 is 22.9 Å². The van der Waals surface area contributed by atoms with Gasteiger partial charge in [0.25, 0.3) is 5.91 Å². The van der Waals surface area contributed by atoms with Gasteiger partial charge in [-0.15, -0.1) is 10.2 Å². The zero-order valence-corrected chi connectivity index (χ0v) is 21.8. The van der Waals surface area contributed by atoms with Crippen molar-refractivity contribution in [3.05, 3.63) is 75.9 Å². The number of nitrogens with zero attached hydrogens (tertiary/aromatic N) is 4. The third kappa shape index (κ3) is 6.01. The quantitative estimate of drug-likeness (QED) is 0.199. The highest BCUT2D eigenvalue weighted by Crippen LogP contribution is 2.35. The molecule has 2 aromatic heterocycles. The van der Waals surface area contributed by atoms with Crippen molar-refractivity contribution in [1.82, 2.24) is 14.8 Å². The number of nitrogens with one attached hydrogen (secondary N) is 1. The Hall–Kier alpha value is -3.67. The van der Waals surface area contributed by atoms with Crippen LogP contribution in [0, 0.1) is 11.3 Å². The van der Waals surface area contributed by atoms with Crippen LogP contribution in [0.25, 0.3) is 17.0 Å². The van der Waals surface area contributed by atoms with Crippen LogP contribution in [-0.4, -0.2) is 27.3 Å². The summed E-state index contributed by atoms with van der Waals surface area (Å²) in [7, 11) is 0. The summed E-state index contributed by atoms with van der Waals surface area (Å²) in [5, 5.41) is 24.0. The molecule has 0 spiro atoms.